The van der Waals surface area contributed by atoms with Gasteiger partial charge in [0.25, 0.3) is 0 Å². The van der Waals surface area contributed by atoms with E-state index >= 15 is 0 Å². The minimum absolute atomic E-state index is 0.428. The molecule has 1 unspecified atom stereocenters. The summed E-state index contributed by atoms with van der Waals surface area (Å²) in [7, 11) is 1.96. The molecule has 1 saturated heterocycles. The monoisotopic (exact) mass is 290 g/mol. The third-order valence-corrected chi connectivity index (χ3v) is 4.45. The van der Waals surface area contributed by atoms with Gasteiger partial charge in [0, 0.05) is 19.6 Å². The number of benzene rings is 1. The topological polar surface area (TPSA) is 24.5 Å². The molecule has 0 aromatic heterocycles. The summed E-state index contributed by atoms with van der Waals surface area (Å²) in [5, 5.41) is 3.17. The van der Waals surface area contributed by atoms with Gasteiger partial charge in [-0.05, 0) is 49.0 Å². The van der Waals surface area contributed by atoms with Gasteiger partial charge in [-0.15, -0.1) is 0 Å². The van der Waals surface area contributed by atoms with Crippen molar-refractivity contribution in [3.8, 4) is 5.75 Å². The van der Waals surface area contributed by atoms with Gasteiger partial charge >= 0.3 is 0 Å². The molecular weight excluding hydrogens is 260 g/mol. The fourth-order valence-electron chi connectivity index (χ4n) is 2.98. The highest BCUT2D eigenvalue weighted by Gasteiger charge is 2.31. The Morgan fingerprint density at radius 1 is 1.33 bits per heavy atom. The summed E-state index contributed by atoms with van der Waals surface area (Å²) in [6, 6.07) is 8.35. The lowest BCUT2D eigenvalue weighted by Crippen LogP contribution is -2.29. The Bertz CT molecular complexity index is 439. The molecule has 3 heteroatoms. The standard InChI is InChI=1S/C18H30N2O/c1-18(2,3)16-8-9-20(14-16)10-11-21-17-7-5-6-15(12-17)13-19-4/h5-7,12,16,19H,8-11,13-14H2,1-4H3. The third kappa shape index (κ3) is 5.01. The molecule has 3 nitrogen and oxygen atoms in total. The van der Waals surface area contributed by atoms with E-state index in [1.54, 1.807) is 0 Å². The fraction of sp³-hybridized carbons (Fsp3) is 0.667. The van der Waals surface area contributed by atoms with Crippen LogP contribution >= 0.6 is 0 Å². The maximum Gasteiger partial charge on any atom is 0.119 e. The highest BCUT2D eigenvalue weighted by molar-refractivity contribution is 5.28. The van der Waals surface area contributed by atoms with Gasteiger partial charge in [-0.25, -0.2) is 0 Å². The van der Waals surface area contributed by atoms with Crippen LogP contribution in [0.4, 0.5) is 0 Å². The number of hydrogen-bond acceptors (Lipinski definition) is 3. The van der Waals surface area contributed by atoms with Gasteiger partial charge in [-0.1, -0.05) is 32.9 Å². The van der Waals surface area contributed by atoms with E-state index in [1.165, 1.54) is 25.1 Å². The normalized spacial score (nSPS) is 19.9. The number of rotatable bonds is 6. The Hall–Kier alpha value is -1.06. The van der Waals surface area contributed by atoms with Crippen LogP contribution < -0.4 is 10.1 Å². The number of hydrogen-bond donors (Lipinski definition) is 1. The van der Waals surface area contributed by atoms with Crippen LogP contribution in [0.2, 0.25) is 0 Å². The molecule has 1 aliphatic heterocycles. The smallest absolute Gasteiger partial charge is 0.119 e. The van der Waals surface area contributed by atoms with E-state index in [4.69, 9.17) is 4.74 Å². The maximum absolute atomic E-state index is 5.91. The zero-order chi connectivity index (χ0) is 15.3. The summed E-state index contributed by atoms with van der Waals surface area (Å²) in [5.41, 5.74) is 1.70. The molecule has 0 radical (unpaired) electrons. The molecule has 1 fully saturated rings. The molecule has 0 aliphatic carbocycles. The molecule has 1 aromatic carbocycles. The molecule has 1 aromatic rings. The van der Waals surface area contributed by atoms with Crippen LogP contribution in [-0.2, 0) is 6.54 Å². The van der Waals surface area contributed by atoms with E-state index in [1.807, 2.05) is 13.1 Å². The van der Waals surface area contributed by atoms with E-state index in [9.17, 15) is 0 Å². The first-order valence-electron chi connectivity index (χ1n) is 8.08. The molecule has 1 atom stereocenters. The molecular formula is C18H30N2O. The van der Waals surface area contributed by atoms with Crippen molar-refractivity contribution in [2.24, 2.45) is 11.3 Å². The van der Waals surface area contributed by atoms with Crippen molar-refractivity contribution in [1.82, 2.24) is 10.2 Å². The van der Waals surface area contributed by atoms with E-state index < -0.39 is 0 Å². The lowest BCUT2D eigenvalue weighted by Gasteiger charge is -2.27. The molecule has 0 spiro atoms. The quantitative estimate of drug-likeness (QED) is 0.871. The molecule has 1 heterocycles. The number of nitrogens with zero attached hydrogens (tertiary/aromatic N) is 1. The van der Waals surface area contributed by atoms with Crippen molar-refractivity contribution in [1.29, 1.82) is 0 Å². The first-order valence-corrected chi connectivity index (χ1v) is 8.08. The van der Waals surface area contributed by atoms with Gasteiger partial charge in [0.1, 0.15) is 12.4 Å². The summed E-state index contributed by atoms with van der Waals surface area (Å²) in [4.78, 5) is 2.54. The number of likely N-dealkylation sites (tertiary alicyclic amines) is 1. The first-order chi connectivity index (χ1) is 9.99. The van der Waals surface area contributed by atoms with Gasteiger partial charge in [0.05, 0.1) is 0 Å². The lowest BCUT2D eigenvalue weighted by molar-refractivity contribution is 0.203. The molecule has 0 bridgehead atoms. The van der Waals surface area contributed by atoms with Gasteiger partial charge < -0.3 is 10.1 Å². The highest BCUT2D eigenvalue weighted by Crippen LogP contribution is 2.33. The average molecular weight is 290 g/mol. The molecule has 0 saturated carbocycles. The number of nitrogens with one attached hydrogen (secondary N) is 1. The summed E-state index contributed by atoms with van der Waals surface area (Å²) >= 11 is 0. The Morgan fingerprint density at radius 3 is 2.81 bits per heavy atom. The van der Waals surface area contributed by atoms with Gasteiger partial charge in [0.15, 0.2) is 0 Å². The second-order valence-electron chi connectivity index (χ2n) is 7.18. The number of ether oxygens (including phenoxy) is 1. The highest BCUT2D eigenvalue weighted by atomic mass is 16.5. The van der Waals surface area contributed by atoms with Crippen LogP contribution in [0.25, 0.3) is 0 Å². The Labute approximate surface area is 129 Å². The zero-order valence-corrected chi connectivity index (χ0v) is 14.0. The third-order valence-electron chi connectivity index (χ3n) is 4.45. The average Bonchev–Trinajstić information content (AvgIpc) is 2.88. The molecule has 2 rings (SSSR count). The van der Waals surface area contributed by atoms with Crippen LogP contribution in [0.15, 0.2) is 24.3 Å². The molecule has 1 aliphatic rings. The van der Waals surface area contributed by atoms with E-state index in [0.717, 1.165) is 31.4 Å². The van der Waals surface area contributed by atoms with Crippen molar-refractivity contribution in [2.45, 2.75) is 33.7 Å². The molecule has 21 heavy (non-hydrogen) atoms. The Kier molecular flexibility index (Phi) is 5.65. The maximum atomic E-state index is 5.91. The van der Waals surface area contributed by atoms with Crippen molar-refractivity contribution < 1.29 is 4.74 Å². The second-order valence-corrected chi connectivity index (χ2v) is 7.18. The van der Waals surface area contributed by atoms with Crippen molar-refractivity contribution in [3.05, 3.63) is 29.8 Å². The molecule has 0 amide bonds. The van der Waals surface area contributed by atoms with Gasteiger partial charge in [-0.2, -0.15) is 0 Å². The summed E-state index contributed by atoms with van der Waals surface area (Å²) < 4.78 is 5.91. The summed E-state index contributed by atoms with van der Waals surface area (Å²) in [5.74, 6) is 1.80. The van der Waals surface area contributed by atoms with Crippen molar-refractivity contribution in [2.75, 3.05) is 33.3 Å². The predicted molar refractivity (Wildman–Crippen MR) is 88.7 cm³/mol. The molecule has 1 N–H and O–H groups in total. The zero-order valence-electron chi connectivity index (χ0n) is 14.0. The van der Waals surface area contributed by atoms with Gasteiger partial charge in [0.2, 0.25) is 0 Å². The molecule has 118 valence electrons. The lowest BCUT2D eigenvalue weighted by atomic mass is 9.80. The SMILES string of the molecule is CNCc1cccc(OCCN2CCC(C(C)(C)C)C2)c1. The minimum atomic E-state index is 0.428. The van der Waals surface area contributed by atoms with Crippen molar-refractivity contribution in [3.63, 3.8) is 0 Å². The fourth-order valence-corrected chi connectivity index (χ4v) is 2.98. The largest absolute Gasteiger partial charge is 0.492 e. The summed E-state index contributed by atoms with van der Waals surface area (Å²) in [6.45, 7) is 12.2. The minimum Gasteiger partial charge on any atom is -0.492 e. The van der Waals surface area contributed by atoms with Crippen LogP contribution in [0, 0.1) is 11.3 Å². The first kappa shape index (κ1) is 16.3. The van der Waals surface area contributed by atoms with Gasteiger partial charge in [-0.3, -0.25) is 4.90 Å². The van der Waals surface area contributed by atoms with Crippen LogP contribution in [0.1, 0.15) is 32.8 Å². The summed E-state index contributed by atoms with van der Waals surface area (Å²) in [6.07, 6.45) is 1.32. The van der Waals surface area contributed by atoms with Crippen molar-refractivity contribution >= 4 is 0 Å². The van der Waals surface area contributed by atoms with Crippen LogP contribution in [-0.4, -0.2) is 38.2 Å². The van der Waals surface area contributed by atoms with E-state index in [0.29, 0.717) is 5.41 Å². The van der Waals surface area contributed by atoms with Crippen LogP contribution in [0.5, 0.6) is 5.75 Å². The Balaban J connectivity index is 1.74. The van der Waals surface area contributed by atoms with E-state index in [-0.39, 0.29) is 0 Å². The second kappa shape index (κ2) is 7.28. The van der Waals surface area contributed by atoms with Crippen LogP contribution in [0.3, 0.4) is 0 Å². The Morgan fingerprint density at radius 2 is 2.14 bits per heavy atom. The van der Waals surface area contributed by atoms with E-state index in [2.05, 4.69) is 49.2 Å². The predicted octanol–water partition coefficient (Wildman–Crippen LogP) is 3.15.